The number of halogens is 1. The van der Waals surface area contributed by atoms with Crippen molar-refractivity contribution in [3.8, 4) is 28.6 Å². The number of benzene rings is 1. The molecule has 1 fully saturated rings. The van der Waals surface area contributed by atoms with Crippen molar-refractivity contribution in [3.63, 3.8) is 0 Å². The lowest BCUT2D eigenvalue weighted by Crippen LogP contribution is -2.38. The summed E-state index contributed by atoms with van der Waals surface area (Å²) in [6.45, 7) is 0.994. The number of pyridine rings is 1. The third-order valence-electron chi connectivity index (χ3n) is 4.78. The van der Waals surface area contributed by atoms with Gasteiger partial charge in [-0.3, -0.25) is 19.1 Å². The first-order chi connectivity index (χ1) is 14.0. The summed E-state index contributed by atoms with van der Waals surface area (Å²) in [7, 11) is -2.50. The number of hydrogen-bond acceptors (Lipinski definition) is 7. The van der Waals surface area contributed by atoms with Crippen molar-refractivity contribution < 1.29 is 9.11 Å². The minimum absolute atomic E-state index is 0.317. The molecule has 0 spiro atoms. The summed E-state index contributed by atoms with van der Waals surface area (Å²) >= 11 is 6.39. The van der Waals surface area contributed by atoms with Gasteiger partial charge in [0.05, 0.1) is 40.1 Å². The van der Waals surface area contributed by atoms with Gasteiger partial charge in [-0.05, 0) is 18.2 Å². The molecule has 2 N–H and O–H groups in total. The molecule has 7 nitrogen and oxygen atoms in total. The second kappa shape index (κ2) is 7.97. The molecule has 2 aromatic heterocycles. The highest BCUT2D eigenvalue weighted by Crippen LogP contribution is 2.41. The maximum atomic E-state index is 9.87. The monoisotopic (exact) mass is 427 g/mol. The summed E-state index contributed by atoms with van der Waals surface area (Å²) in [6.07, 6.45) is 4.89. The molecule has 0 aliphatic carbocycles. The van der Waals surface area contributed by atoms with Crippen molar-refractivity contribution in [2.45, 2.75) is 0 Å². The number of rotatable bonds is 3. The van der Waals surface area contributed by atoms with Crippen LogP contribution in [-0.4, -0.2) is 48.7 Å². The van der Waals surface area contributed by atoms with Gasteiger partial charge in [-0.15, -0.1) is 0 Å². The van der Waals surface area contributed by atoms with Gasteiger partial charge in [-0.1, -0.05) is 23.7 Å². The van der Waals surface area contributed by atoms with E-state index in [1.165, 1.54) is 0 Å². The first-order valence-corrected chi connectivity index (χ1v) is 11.2. The van der Waals surface area contributed by atoms with E-state index in [1.807, 2.05) is 17.0 Å². The van der Waals surface area contributed by atoms with Crippen LogP contribution in [0, 0.1) is 11.3 Å². The van der Waals surface area contributed by atoms with E-state index in [2.05, 4.69) is 16.0 Å². The first kappa shape index (κ1) is 19.6. The van der Waals surface area contributed by atoms with E-state index in [4.69, 9.17) is 21.8 Å². The van der Waals surface area contributed by atoms with Crippen LogP contribution in [0.5, 0.6) is 0 Å². The van der Waals surface area contributed by atoms with Crippen LogP contribution in [0.2, 0.25) is 5.02 Å². The van der Waals surface area contributed by atoms with Crippen molar-refractivity contribution >= 4 is 28.0 Å². The third-order valence-corrected chi connectivity index (χ3v) is 6.75. The van der Waals surface area contributed by atoms with Gasteiger partial charge >= 0.3 is 0 Å². The van der Waals surface area contributed by atoms with E-state index in [0.29, 0.717) is 58.0 Å². The molecule has 4 rings (SSSR count). The van der Waals surface area contributed by atoms with Crippen molar-refractivity contribution in [1.82, 2.24) is 15.0 Å². The van der Waals surface area contributed by atoms with Gasteiger partial charge in [0.1, 0.15) is 11.5 Å². The van der Waals surface area contributed by atoms with Crippen LogP contribution in [0.3, 0.4) is 0 Å². The van der Waals surface area contributed by atoms with E-state index < -0.39 is 10.6 Å². The number of nitriles is 1. The van der Waals surface area contributed by atoms with Gasteiger partial charge < -0.3 is 4.90 Å². The van der Waals surface area contributed by atoms with E-state index >= 15 is 0 Å². The molecule has 148 valence electrons. The highest BCUT2D eigenvalue weighted by Gasteiger charge is 2.24. The predicted octanol–water partition coefficient (Wildman–Crippen LogP) is 4.30. The summed E-state index contributed by atoms with van der Waals surface area (Å²) in [4.78, 5) is 15.5. The van der Waals surface area contributed by atoms with Crippen LogP contribution in [0.4, 0.5) is 5.82 Å². The third kappa shape index (κ3) is 4.18. The zero-order chi connectivity index (χ0) is 20.4. The zero-order valence-electron chi connectivity index (χ0n) is 15.4. The molecule has 0 radical (unpaired) electrons. The molecule has 1 saturated heterocycles. The Bertz CT molecular complexity index is 1070. The van der Waals surface area contributed by atoms with Crippen LogP contribution in [-0.2, 0) is 0 Å². The molecule has 0 saturated carbocycles. The summed E-state index contributed by atoms with van der Waals surface area (Å²) in [5.74, 6) is 1.29. The number of aromatic nitrogens is 3. The molecular weight excluding hydrogens is 410 g/mol. The maximum absolute atomic E-state index is 9.87. The van der Waals surface area contributed by atoms with Crippen molar-refractivity contribution in [2.75, 3.05) is 29.5 Å². The summed E-state index contributed by atoms with van der Waals surface area (Å²) < 4.78 is 19.7. The number of anilines is 1. The second-order valence-corrected chi connectivity index (χ2v) is 9.50. The van der Waals surface area contributed by atoms with Crippen molar-refractivity contribution in [2.24, 2.45) is 0 Å². The molecule has 1 aliphatic heterocycles. The Kier molecular flexibility index (Phi) is 5.39. The second-order valence-electron chi connectivity index (χ2n) is 6.67. The van der Waals surface area contributed by atoms with E-state index in [1.54, 1.807) is 36.8 Å². The molecule has 3 heterocycles. The lowest BCUT2D eigenvalue weighted by Gasteiger charge is -2.41. The molecule has 0 atom stereocenters. The molecular formula is C20H18ClN5O2S. The molecule has 9 heteroatoms. The summed E-state index contributed by atoms with van der Waals surface area (Å²) in [5.41, 5.74) is 3.34. The number of nitrogens with zero attached hydrogens (tertiary/aromatic N) is 5. The molecule has 0 amide bonds. The maximum Gasteiger partial charge on any atom is 0.147 e. The van der Waals surface area contributed by atoms with Gasteiger partial charge in [0.2, 0.25) is 0 Å². The summed E-state index contributed by atoms with van der Waals surface area (Å²) in [6, 6.07) is 11.0. The fourth-order valence-electron chi connectivity index (χ4n) is 3.16. The topological polar surface area (TPSA) is 106 Å². The van der Waals surface area contributed by atoms with Crippen LogP contribution >= 0.6 is 22.2 Å². The fraction of sp³-hybridized carbons (Fsp3) is 0.200. The Morgan fingerprint density at radius 1 is 1.03 bits per heavy atom. The average Bonchev–Trinajstić information content (AvgIpc) is 2.74. The minimum atomic E-state index is -2.50. The molecule has 3 aromatic rings. The molecule has 1 aromatic carbocycles. The van der Waals surface area contributed by atoms with Crippen molar-refractivity contribution in [3.05, 3.63) is 59.5 Å². The fourth-order valence-corrected chi connectivity index (χ4v) is 4.60. The highest BCUT2D eigenvalue weighted by molar-refractivity contribution is 8.24. The SMILES string of the molecule is N#Cc1ccc(-c2ncc(N3CCS(O)(O)CC3)nc2-c2ccncc2Cl)cc1. The minimum Gasteiger partial charge on any atom is -0.352 e. The van der Waals surface area contributed by atoms with E-state index in [-0.39, 0.29) is 0 Å². The molecule has 29 heavy (non-hydrogen) atoms. The van der Waals surface area contributed by atoms with Gasteiger partial charge in [-0.2, -0.15) is 15.9 Å². The van der Waals surface area contributed by atoms with Crippen LogP contribution in [0.15, 0.2) is 48.9 Å². The number of hydrogen-bond donors (Lipinski definition) is 2. The molecule has 1 aliphatic rings. The Labute approximate surface area is 175 Å². The van der Waals surface area contributed by atoms with Crippen molar-refractivity contribution in [1.29, 1.82) is 5.26 Å². The highest BCUT2D eigenvalue weighted by atomic mass is 35.5. The zero-order valence-corrected chi connectivity index (χ0v) is 16.9. The average molecular weight is 428 g/mol. The smallest absolute Gasteiger partial charge is 0.147 e. The van der Waals surface area contributed by atoms with Gasteiger partial charge in [0.15, 0.2) is 0 Å². The summed E-state index contributed by atoms with van der Waals surface area (Å²) in [5, 5.41) is 9.50. The van der Waals surface area contributed by atoms with E-state index in [9.17, 15) is 9.11 Å². The largest absolute Gasteiger partial charge is 0.352 e. The standard InChI is InChI=1S/C20H18ClN5O2S/c21-17-12-23-6-5-16(17)20-19(15-3-1-14(11-22)2-4-15)24-13-18(25-20)26-7-9-29(27,28)10-8-26/h1-6,12-13,27-28H,7-10H2. The lowest BCUT2D eigenvalue weighted by atomic mass is 10.0. The van der Waals surface area contributed by atoms with Crippen LogP contribution in [0.25, 0.3) is 22.5 Å². The predicted molar refractivity (Wildman–Crippen MR) is 115 cm³/mol. The Balaban J connectivity index is 1.79. The first-order valence-electron chi connectivity index (χ1n) is 8.93. The van der Waals surface area contributed by atoms with Gasteiger partial charge in [0.25, 0.3) is 0 Å². The van der Waals surface area contributed by atoms with Gasteiger partial charge in [-0.25, -0.2) is 4.98 Å². The molecule has 0 unspecified atom stereocenters. The quantitative estimate of drug-likeness (QED) is 0.641. The normalized spacial score (nSPS) is 16.8. The van der Waals surface area contributed by atoms with Crippen LogP contribution < -0.4 is 4.90 Å². The van der Waals surface area contributed by atoms with Crippen LogP contribution in [0.1, 0.15) is 5.56 Å². The van der Waals surface area contributed by atoms with E-state index in [0.717, 1.165) is 5.56 Å². The Morgan fingerprint density at radius 2 is 1.76 bits per heavy atom. The Morgan fingerprint density at radius 3 is 2.41 bits per heavy atom. The van der Waals surface area contributed by atoms with Gasteiger partial charge in [0, 0.05) is 36.6 Å². The Hall–Kier alpha value is -2.70. The molecule has 0 bridgehead atoms. The lowest BCUT2D eigenvalue weighted by molar-refractivity contribution is 0.479.